The van der Waals surface area contributed by atoms with Crippen molar-refractivity contribution in [2.45, 2.75) is 25.8 Å². The molecule has 0 radical (unpaired) electrons. The van der Waals surface area contributed by atoms with E-state index in [9.17, 15) is 0 Å². The SMILES string of the molecule is CCNC(=NCCN(CCOC)C1CC1)NCCOc1ccc(OC)cc1.I. The van der Waals surface area contributed by atoms with Gasteiger partial charge >= 0.3 is 0 Å². The van der Waals surface area contributed by atoms with Crippen LogP contribution in [-0.2, 0) is 4.74 Å². The Bertz CT molecular complexity index is 553. The van der Waals surface area contributed by atoms with Crippen LogP contribution in [0.25, 0.3) is 0 Å². The van der Waals surface area contributed by atoms with Gasteiger partial charge in [0.1, 0.15) is 18.1 Å². The van der Waals surface area contributed by atoms with Gasteiger partial charge in [0.05, 0.1) is 26.8 Å². The van der Waals surface area contributed by atoms with Crippen molar-refractivity contribution in [2.75, 3.05) is 60.2 Å². The molecule has 0 aromatic heterocycles. The van der Waals surface area contributed by atoms with Gasteiger partial charge in [0, 0.05) is 32.8 Å². The number of guanidine groups is 1. The number of methoxy groups -OCH3 is 2. The van der Waals surface area contributed by atoms with E-state index in [-0.39, 0.29) is 24.0 Å². The number of hydrogen-bond donors (Lipinski definition) is 2. The molecule has 1 aromatic rings. The van der Waals surface area contributed by atoms with Gasteiger partial charge in [0.2, 0.25) is 0 Å². The first-order chi connectivity index (χ1) is 13.3. The number of hydrogen-bond acceptors (Lipinski definition) is 5. The molecule has 1 aliphatic carbocycles. The van der Waals surface area contributed by atoms with Crippen LogP contribution in [0, 0.1) is 0 Å². The first kappa shape index (κ1) is 24.8. The Morgan fingerprint density at radius 1 is 1.07 bits per heavy atom. The van der Waals surface area contributed by atoms with Gasteiger partial charge in [-0.3, -0.25) is 9.89 Å². The number of ether oxygens (including phenoxy) is 3. The number of aliphatic imine (C=N–C) groups is 1. The van der Waals surface area contributed by atoms with E-state index in [0.717, 1.165) is 56.3 Å². The van der Waals surface area contributed by atoms with E-state index in [0.29, 0.717) is 13.2 Å². The van der Waals surface area contributed by atoms with Crippen molar-refractivity contribution in [1.82, 2.24) is 15.5 Å². The van der Waals surface area contributed by atoms with Gasteiger partial charge in [-0.2, -0.15) is 0 Å². The fraction of sp³-hybridized carbons (Fsp3) is 0.650. The van der Waals surface area contributed by atoms with Crippen LogP contribution in [0.15, 0.2) is 29.3 Å². The quantitative estimate of drug-likeness (QED) is 0.185. The van der Waals surface area contributed by atoms with Crippen molar-refractivity contribution in [3.05, 3.63) is 24.3 Å². The molecular formula is C20H35IN4O3. The lowest BCUT2D eigenvalue weighted by molar-refractivity contribution is 0.145. The molecule has 7 nitrogen and oxygen atoms in total. The maximum atomic E-state index is 5.74. The largest absolute Gasteiger partial charge is 0.497 e. The fourth-order valence-corrected chi connectivity index (χ4v) is 2.77. The molecule has 2 rings (SSSR count). The molecule has 1 fully saturated rings. The van der Waals surface area contributed by atoms with Crippen molar-refractivity contribution in [3.8, 4) is 11.5 Å². The van der Waals surface area contributed by atoms with Crippen LogP contribution >= 0.6 is 24.0 Å². The third-order valence-corrected chi connectivity index (χ3v) is 4.37. The summed E-state index contributed by atoms with van der Waals surface area (Å²) in [6.07, 6.45) is 2.60. The van der Waals surface area contributed by atoms with Crippen molar-refractivity contribution in [2.24, 2.45) is 4.99 Å². The highest BCUT2D eigenvalue weighted by Crippen LogP contribution is 2.26. The molecule has 1 saturated carbocycles. The average Bonchev–Trinajstić information content (AvgIpc) is 3.53. The summed E-state index contributed by atoms with van der Waals surface area (Å²) >= 11 is 0. The zero-order chi connectivity index (χ0) is 19.3. The van der Waals surface area contributed by atoms with E-state index in [4.69, 9.17) is 14.2 Å². The predicted molar refractivity (Wildman–Crippen MR) is 124 cm³/mol. The van der Waals surface area contributed by atoms with Gasteiger partial charge in [-0.05, 0) is 44.0 Å². The van der Waals surface area contributed by atoms with Gasteiger partial charge < -0.3 is 24.8 Å². The highest BCUT2D eigenvalue weighted by Gasteiger charge is 2.28. The molecular weight excluding hydrogens is 471 g/mol. The summed E-state index contributed by atoms with van der Waals surface area (Å²) in [6.45, 7) is 7.66. The Kier molecular flexibility index (Phi) is 13.0. The summed E-state index contributed by atoms with van der Waals surface area (Å²) in [5.41, 5.74) is 0. The topological polar surface area (TPSA) is 67.4 Å². The van der Waals surface area contributed by atoms with Gasteiger partial charge in [0.25, 0.3) is 0 Å². The average molecular weight is 506 g/mol. The van der Waals surface area contributed by atoms with Crippen LogP contribution in [0.4, 0.5) is 0 Å². The Labute approximate surface area is 186 Å². The molecule has 1 aromatic carbocycles. The zero-order valence-corrected chi connectivity index (χ0v) is 19.6. The highest BCUT2D eigenvalue weighted by molar-refractivity contribution is 14.0. The molecule has 1 aliphatic rings. The maximum absolute atomic E-state index is 5.74. The smallest absolute Gasteiger partial charge is 0.191 e. The summed E-state index contributed by atoms with van der Waals surface area (Å²) < 4.78 is 16.1. The van der Waals surface area contributed by atoms with E-state index < -0.39 is 0 Å². The second kappa shape index (κ2) is 14.7. The maximum Gasteiger partial charge on any atom is 0.191 e. The Morgan fingerprint density at radius 3 is 2.39 bits per heavy atom. The molecule has 0 amide bonds. The van der Waals surface area contributed by atoms with Crippen molar-refractivity contribution < 1.29 is 14.2 Å². The minimum absolute atomic E-state index is 0. The predicted octanol–water partition coefficient (Wildman–Crippen LogP) is 2.36. The first-order valence-electron chi connectivity index (χ1n) is 9.78. The monoisotopic (exact) mass is 506 g/mol. The lowest BCUT2D eigenvalue weighted by Gasteiger charge is -2.20. The van der Waals surface area contributed by atoms with Crippen LogP contribution in [0.1, 0.15) is 19.8 Å². The molecule has 28 heavy (non-hydrogen) atoms. The third-order valence-electron chi connectivity index (χ3n) is 4.37. The summed E-state index contributed by atoms with van der Waals surface area (Å²) in [6, 6.07) is 8.33. The fourth-order valence-electron chi connectivity index (χ4n) is 2.77. The number of halogens is 1. The molecule has 0 spiro atoms. The lowest BCUT2D eigenvalue weighted by atomic mass is 10.3. The highest BCUT2D eigenvalue weighted by atomic mass is 127. The zero-order valence-electron chi connectivity index (χ0n) is 17.3. The Hall–Kier alpha value is -1.26. The number of rotatable bonds is 13. The first-order valence-corrected chi connectivity index (χ1v) is 9.78. The number of nitrogens with zero attached hydrogens (tertiary/aromatic N) is 2. The molecule has 0 unspecified atom stereocenters. The normalized spacial score (nSPS) is 13.8. The molecule has 0 atom stereocenters. The van der Waals surface area contributed by atoms with Gasteiger partial charge in [-0.1, -0.05) is 0 Å². The minimum Gasteiger partial charge on any atom is -0.497 e. The second-order valence-corrected chi connectivity index (χ2v) is 6.47. The summed E-state index contributed by atoms with van der Waals surface area (Å²) in [5.74, 6) is 2.49. The standard InChI is InChI=1S/C20H34N4O3.HI/c1-4-21-20(22-11-13-24(14-16-25-2)17-5-6-17)23-12-15-27-19-9-7-18(26-3)8-10-19;/h7-10,17H,4-6,11-16H2,1-3H3,(H2,21,22,23);1H. The molecule has 0 aliphatic heterocycles. The number of benzene rings is 1. The van der Waals surface area contributed by atoms with Crippen LogP contribution < -0.4 is 20.1 Å². The Morgan fingerprint density at radius 2 is 1.79 bits per heavy atom. The van der Waals surface area contributed by atoms with Crippen LogP contribution in [0.3, 0.4) is 0 Å². The third kappa shape index (κ3) is 9.79. The van der Waals surface area contributed by atoms with Gasteiger partial charge in [0.15, 0.2) is 5.96 Å². The molecule has 0 heterocycles. The van der Waals surface area contributed by atoms with Crippen LogP contribution in [0.5, 0.6) is 11.5 Å². The summed E-state index contributed by atoms with van der Waals surface area (Å²) in [5, 5.41) is 6.60. The van der Waals surface area contributed by atoms with E-state index >= 15 is 0 Å². The Balaban J connectivity index is 0.00000392. The van der Waals surface area contributed by atoms with Crippen LogP contribution in [-0.4, -0.2) is 77.1 Å². The summed E-state index contributed by atoms with van der Waals surface area (Å²) in [4.78, 5) is 7.15. The second-order valence-electron chi connectivity index (χ2n) is 6.47. The minimum atomic E-state index is 0. The van der Waals surface area contributed by atoms with Gasteiger partial charge in [-0.15, -0.1) is 24.0 Å². The molecule has 2 N–H and O–H groups in total. The van der Waals surface area contributed by atoms with Crippen molar-refractivity contribution in [1.29, 1.82) is 0 Å². The molecule has 8 heteroatoms. The summed E-state index contributed by atoms with van der Waals surface area (Å²) in [7, 11) is 3.41. The van der Waals surface area contributed by atoms with E-state index in [2.05, 4.69) is 27.4 Å². The lowest BCUT2D eigenvalue weighted by Crippen LogP contribution is -2.40. The van der Waals surface area contributed by atoms with Gasteiger partial charge in [-0.25, -0.2) is 0 Å². The van der Waals surface area contributed by atoms with E-state index in [1.54, 1.807) is 14.2 Å². The number of nitrogens with one attached hydrogen (secondary N) is 2. The molecule has 0 saturated heterocycles. The van der Waals surface area contributed by atoms with Crippen molar-refractivity contribution >= 4 is 29.9 Å². The van der Waals surface area contributed by atoms with Crippen LogP contribution in [0.2, 0.25) is 0 Å². The molecule has 160 valence electrons. The van der Waals surface area contributed by atoms with E-state index in [1.165, 1.54) is 12.8 Å². The van der Waals surface area contributed by atoms with Crippen molar-refractivity contribution in [3.63, 3.8) is 0 Å². The molecule has 0 bridgehead atoms. The van der Waals surface area contributed by atoms with E-state index in [1.807, 2.05) is 24.3 Å².